The van der Waals surface area contributed by atoms with Crippen LogP contribution in [-0.2, 0) is 5.41 Å². The first-order valence-electron chi connectivity index (χ1n) is 8.39. The maximum atomic E-state index is 6.08. The Morgan fingerprint density at radius 3 is 2.35 bits per heavy atom. The molecule has 2 N–H and O–H groups in total. The van der Waals surface area contributed by atoms with Gasteiger partial charge in [0.15, 0.2) is 0 Å². The van der Waals surface area contributed by atoms with Gasteiger partial charge < -0.3 is 5.73 Å². The third kappa shape index (κ3) is 1.72. The van der Waals surface area contributed by atoms with Crippen molar-refractivity contribution in [1.82, 2.24) is 0 Å². The third-order valence-electron chi connectivity index (χ3n) is 6.86. The number of hydrogen-bond acceptors (Lipinski definition) is 1. The highest BCUT2D eigenvalue weighted by molar-refractivity contribution is 5.36. The molecule has 0 spiro atoms. The zero-order chi connectivity index (χ0) is 13.9. The number of rotatable bonds is 2. The Hall–Kier alpha value is -0.820. The van der Waals surface area contributed by atoms with Gasteiger partial charge in [0.1, 0.15) is 0 Å². The summed E-state index contributed by atoms with van der Waals surface area (Å²) in [5, 5.41) is 0. The second kappa shape index (κ2) is 4.34. The van der Waals surface area contributed by atoms with Crippen LogP contribution in [-0.4, -0.2) is 6.54 Å². The van der Waals surface area contributed by atoms with Gasteiger partial charge in [-0.05, 0) is 98.3 Å². The molecule has 0 heterocycles. The van der Waals surface area contributed by atoms with E-state index < -0.39 is 0 Å². The van der Waals surface area contributed by atoms with Gasteiger partial charge >= 0.3 is 0 Å². The second-order valence-electron chi connectivity index (χ2n) is 7.95. The minimum Gasteiger partial charge on any atom is -0.330 e. The van der Waals surface area contributed by atoms with Gasteiger partial charge in [0, 0.05) is 0 Å². The van der Waals surface area contributed by atoms with Gasteiger partial charge in [0.05, 0.1) is 0 Å². The molecule has 4 aliphatic carbocycles. The number of hydrogen-bond donors (Lipinski definition) is 1. The molecular weight excluding hydrogens is 242 g/mol. The molecule has 1 aromatic rings. The average molecular weight is 269 g/mol. The van der Waals surface area contributed by atoms with Crippen LogP contribution in [0.3, 0.4) is 0 Å². The summed E-state index contributed by atoms with van der Waals surface area (Å²) >= 11 is 0. The lowest BCUT2D eigenvalue weighted by Crippen LogP contribution is -2.54. The van der Waals surface area contributed by atoms with Crippen molar-refractivity contribution in [3.05, 3.63) is 34.9 Å². The van der Waals surface area contributed by atoms with Crippen LogP contribution in [0.25, 0.3) is 0 Å². The van der Waals surface area contributed by atoms with Crippen molar-refractivity contribution in [3.8, 4) is 0 Å². The first-order valence-corrected chi connectivity index (χ1v) is 8.39. The van der Waals surface area contributed by atoms with Gasteiger partial charge in [-0.1, -0.05) is 18.2 Å². The molecule has 4 aliphatic rings. The monoisotopic (exact) mass is 269 g/mol. The van der Waals surface area contributed by atoms with E-state index in [1.54, 1.807) is 5.56 Å². The highest BCUT2D eigenvalue weighted by atomic mass is 14.7. The first kappa shape index (κ1) is 12.9. The van der Waals surface area contributed by atoms with E-state index in [2.05, 4.69) is 32.0 Å². The molecule has 0 aromatic heterocycles. The molecule has 0 radical (unpaired) electrons. The molecule has 20 heavy (non-hydrogen) atoms. The summed E-state index contributed by atoms with van der Waals surface area (Å²) in [6.45, 7) is 5.41. The van der Waals surface area contributed by atoms with Crippen LogP contribution < -0.4 is 5.73 Å². The fraction of sp³-hybridized carbons (Fsp3) is 0.684. The van der Waals surface area contributed by atoms with Crippen LogP contribution in [0, 0.1) is 37.5 Å². The van der Waals surface area contributed by atoms with Crippen LogP contribution >= 0.6 is 0 Å². The van der Waals surface area contributed by atoms with Gasteiger partial charge in [-0.3, -0.25) is 0 Å². The Labute approximate surface area is 122 Å². The van der Waals surface area contributed by atoms with Crippen LogP contribution in [0.5, 0.6) is 0 Å². The summed E-state index contributed by atoms with van der Waals surface area (Å²) in [5.41, 5.74) is 11.1. The van der Waals surface area contributed by atoms with Crippen molar-refractivity contribution >= 4 is 0 Å². The Bertz CT molecular complexity index is 517. The minimum absolute atomic E-state index is 0.501. The molecule has 4 bridgehead atoms. The summed E-state index contributed by atoms with van der Waals surface area (Å²) in [7, 11) is 0. The van der Waals surface area contributed by atoms with Crippen molar-refractivity contribution in [3.63, 3.8) is 0 Å². The van der Waals surface area contributed by atoms with E-state index in [1.165, 1.54) is 43.2 Å². The van der Waals surface area contributed by atoms with E-state index >= 15 is 0 Å². The van der Waals surface area contributed by atoms with Crippen LogP contribution in [0.15, 0.2) is 18.2 Å². The zero-order valence-electron chi connectivity index (χ0n) is 12.9. The van der Waals surface area contributed by atoms with Crippen molar-refractivity contribution in [2.45, 2.75) is 51.4 Å². The predicted octanol–water partition coefficient (Wildman–Crippen LogP) is 3.96. The maximum Gasteiger partial charge on any atom is -0.00387 e. The van der Waals surface area contributed by atoms with Crippen LogP contribution in [0.4, 0.5) is 0 Å². The van der Waals surface area contributed by atoms with Crippen LogP contribution in [0.2, 0.25) is 0 Å². The summed E-state index contributed by atoms with van der Waals surface area (Å²) in [6.07, 6.45) is 7.18. The molecule has 2 atom stereocenters. The fourth-order valence-electron chi connectivity index (χ4n) is 5.94. The third-order valence-corrected chi connectivity index (χ3v) is 6.86. The molecule has 4 saturated carbocycles. The van der Waals surface area contributed by atoms with Gasteiger partial charge in [-0.25, -0.2) is 0 Å². The second-order valence-corrected chi connectivity index (χ2v) is 7.95. The molecule has 2 unspecified atom stereocenters. The molecule has 108 valence electrons. The Kier molecular flexibility index (Phi) is 2.79. The highest BCUT2D eigenvalue weighted by Crippen LogP contribution is 2.62. The standard InChI is InChI=1S/C19H27N/c1-12-3-4-17(5-13(12)2)19-8-14-6-15(9-19)18(11-20)16(7-14)10-19/h3-5,14-16,18H,6-11,20H2,1-2H3. The average Bonchev–Trinajstić information content (AvgIpc) is 2.41. The molecule has 0 amide bonds. The van der Waals surface area contributed by atoms with Gasteiger partial charge in [0.25, 0.3) is 0 Å². The Morgan fingerprint density at radius 2 is 1.75 bits per heavy atom. The van der Waals surface area contributed by atoms with E-state index in [0.29, 0.717) is 5.41 Å². The normalized spacial score (nSPS) is 42.1. The van der Waals surface area contributed by atoms with E-state index in [0.717, 1.165) is 30.2 Å². The highest BCUT2D eigenvalue weighted by Gasteiger charge is 2.55. The largest absolute Gasteiger partial charge is 0.330 e. The summed E-state index contributed by atoms with van der Waals surface area (Å²) in [5.74, 6) is 3.63. The van der Waals surface area contributed by atoms with E-state index in [9.17, 15) is 0 Å². The van der Waals surface area contributed by atoms with Crippen molar-refractivity contribution in [2.24, 2.45) is 29.4 Å². The topological polar surface area (TPSA) is 26.0 Å². The number of aryl methyl sites for hydroxylation is 2. The lowest BCUT2D eigenvalue weighted by Gasteiger charge is -2.60. The van der Waals surface area contributed by atoms with E-state index in [1.807, 2.05) is 0 Å². The van der Waals surface area contributed by atoms with E-state index in [4.69, 9.17) is 5.73 Å². The van der Waals surface area contributed by atoms with Crippen LogP contribution in [0.1, 0.15) is 48.8 Å². The summed E-state index contributed by atoms with van der Waals surface area (Å²) in [6, 6.07) is 7.25. The maximum absolute atomic E-state index is 6.08. The Balaban J connectivity index is 1.73. The number of benzene rings is 1. The van der Waals surface area contributed by atoms with Gasteiger partial charge in [0.2, 0.25) is 0 Å². The molecule has 4 fully saturated rings. The molecule has 1 nitrogen and oxygen atoms in total. The van der Waals surface area contributed by atoms with Crippen molar-refractivity contribution < 1.29 is 0 Å². The first-order chi connectivity index (χ1) is 9.61. The van der Waals surface area contributed by atoms with Crippen molar-refractivity contribution in [2.75, 3.05) is 6.54 Å². The molecular formula is C19H27N. The summed E-state index contributed by atoms with van der Waals surface area (Å²) in [4.78, 5) is 0. The fourth-order valence-corrected chi connectivity index (χ4v) is 5.94. The predicted molar refractivity (Wildman–Crippen MR) is 83.7 cm³/mol. The summed E-state index contributed by atoms with van der Waals surface area (Å²) < 4.78 is 0. The molecule has 1 heteroatoms. The number of nitrogens with two attached hydrogens (primary N) is 1. The molecule has 0 saturated heterocycles. The minimum atomic E-state index is 0.501. The molecule has 0 aliphatic heterocycles. The quantitative estimate of drug-likeness (QED) is 0.864. The molecule has 1 aromatic carbocycles. The van der Waals surface area contributed by atoms with Gasteiger partial charge in [-0.2, -0.15) is 0 Å². The molecule has 5 rings (SSSR count). The zero-order valence-corrected chi connectivity index (χ0v) is 12.9. The van der Waals surface area contributed by atoms with E-state index in [-0.39, 0.29) is 0 Å². The Morgan fingerprint density at radius 1 is 1.05 bits per heavy atom. The van der Waals surface area contributed by atoms with Gasteiger partial charge in [-0.15, -0.1) is 0 Å². The SMILES string of the molecule is Cc1ccc(C23CC4CC(C2)C(CN)C(C4)C3)cc1C. The lowest BCUT2D eigenvalue weighted by molar-refractivity contribution is -0.0524. The smallest absolute Gasteiger partial charge is 0.00387 e. The lowest BCUT2D eigenvalue weighted by atomic mass is 9.45. The van der Waals surface area contributed by atoms with Crippen molar-refractivity contribution in [1.29, 1.82) is 0 Å².